The fraction of sp³-hybridized carbons (Fsp3) is 0.0833. The number of allylic oxidation sites excluding steroid dienone is 2. The van der Waals surface area contributed by atoms with Crippen LogP contribution in [0.2, 0.25) is 15.1 Å². The summed E-state index contributed by atoms with van der Waals surface area (Å²) in [5, 5.41) is 4.02. The standard InChI is InChI=1S/C24H19Cl3N2S/c1-30-21-10-5-17(6-11-21)24-22(16-2-7-19(25)8-3-16)12-13-29(28-24)15-18-4-9-20(26)14-23(18)27/h2-14,28H,15H2,1H3. The molecule has 6 heteroatoms. The summed E-state index contributed by atoms with van der Waals surface area (Å²) in [5.74, 6) is 0. The monoisotopic (exact) mass is 472 g/mol. The van der Waals surface area contributed by atoms with Crippen molar-refractivity contribution in [2.45, 2.75) is 11.4 Å². The van der Waals surface area contributed by atoms with Crippen LogP contribution in [0.1, 0.15) is 16.7 Å². The second kappa shape index (κ2) is 9.40. The molecule has 152 valence electrons. The maximum atomic E-state index is 6.39. The molecule has 0 radical (unpaired) electrons. The lowest BCUT2D eigenvalue weighted by atomic mass is 9.98. The first-order valence-corrected chi connectivity index (χ1v) is 11.7. The van der Waals surface area contributed by atoms with Crippen LogP contribution in [0, 0.1) is 0 Å². The summed E-state index contributed by atoms with van der Waals surface area (Å²) in [5.41, 5.74) is 8.87. The van der Waals surface area contributed by atoms with Crippen LogP contribution in [-0.2, 0) is 6.54 Å². The van der Waals surface area contributed by atoms with Crippen molar-refractivity contribution in [3.63, 3.8) is 0 Å². The molecule has 0 bridgehead atoms. The number of hydrogen-bond acceptors (Lipinski definition) is 3. The molecule has 2 nitrogen and oxygen atoms in total. The maximum absolute atomic E-state index is 6.39. The molecule has 0 unspecified atom stereocenters. The molecule has 0 spiro atoms. The molecule has 0 saturated carbocycles. The Labute approximate surface area is 196 Å². The van der Waals surface area contributed by atoms with Gasteiger partial charge in [-0.2, -0.15) is 0 Å². The molecule has 0 amide bonds. The van der Waals surface area contributed by atoms with Crippen molar-refractivity contribution >= 4 is 57.8 Å². The summed E-state index contributed by atoms with van der Waals surface area (Å²) < 4.78 is 0. The molecule has 0 aromatic heterocycles. The molecule has 0 saturated heterocycles. The summed E-state index contributed by atoms with van der Waals surface area (Å²) in [6.45, 7) is 0.604. The molecule has 0 atom stereocenters. The minimum absolute atomic E-state index is 0.604. The predicted octanol–water partition coefficient (Wildman–Crippen LogP) is 7.77. The van der Waals surface area contributed by atoms with E-state index in [2.05, 4.69) is 42.0 Å². The van der Waals surface area contributed by atoms with E-state index in [9.17, 15) is 0 Å². The zero-order valence-corrected chi connectivity index (χ0v) is 19.3. The van der Waals surface area contributed by atoms with E-state index in [1.807, 2.05) is 47.6 Å². The van der Waals surface area contributed by atoms with Gasteiger partial charge in [0.25, 0.3) is 0 Å². The highest BCUT2D eigenvalue weighted by Crippen LogP contribution is 2.31. The Hall–Kier alpha value is -2.04. The second-order valence-corrected chi connectivity index (χ2v) is 8.97. The number of hydrazine groups is 1. The molecule has 1 aliphatic heterocycles. The van der Waals surface area contributed by atoms with Gasteiger partial charge in [0.15, 0.2) is 0 Å². The van der Waals surface area contributed by atoms with Crippen molar-refractivity contribution in [3.05, 3.63) is 111 Å². The molecule has 3 aromatic carbocycles. The Morgan fingerprint density at radius 3 is 2.17 bits per heavy atom. The average Bonchev–Trinajstić information content (AvgIpc) is 2.76. The van der Waals surface area contributed by atoms with Crippen molar-refractivity contribution < 1.29 is 0 Å². The third-order valence-electron chi connectivity index (χ3n) is 4.84. The average molecular weight is 474 g/mol. The molecule has 3 aromatic rings. The smallest absolute Gasteiger partial charge is 0.0693 e. The maximum Gasteiger partial charge on any atom is 0.0693 e. The number of hydrogen-bond donors (Lipinski definition) is 1. The lowest BCUT2D eigenvalue weighted by molar-refractivity contribution is 0.314. The van der Waals surface area contributed by atoms with Crippen LogP contribution >= 0.6 is 46.6 Å². The van der Waals surface area contributed by atoms with E-state index in [4.69, 9.17) is 34.8 Å². The molecule has 0 aliphatic carbocycles. The van der Waals surface area contributed by atoms with Crippen LogP contribution in [0.15, 0.2) is 83.9 Å². The highest BCUT2D eigenvalue weighted by Gasteiger charge is 2.17. The quantitative estimate of drug-likeness (QED) is 0.381. The van der Waals surface area contributed by atoms with E-state index >= 15 is 0 Å². The fourth-order valence-corrected chi connectivity index (χ4v) is 4.26. The van der Waals surface area contributed by atoms with Crippen molar-refractivity contribution in [2.24, 2.45) is 0 Å². The van der Waals surface area contributed by atoms with Crippen LogP contribution in [0.5, 0.6) is 0 Å². The number of benzene rings is 3. The summed E-state index contributed by atoms with van der Waals surface area (Å²) in [6, 6.07) is 22.0. The molecule has 1 N–H and O–H groups in total. The summed E-state index contributed by atoms with van der Waals surface area (Å²) in [6.07, 6.45) is 6.21. The minimum atomic E-state index is 0.604. The van der Waals surface area contributed by atoms with Gasteiger partial charge >= 0.3 is 0 Å². The zero-order valence-electron chi connectivity index (χ0n) is 16.2. The molecule has 1 heterocycles. The first-order chi connectivity index (χ1) is 14.5. The lowest BCUT2D eigenvalue weighted by Crippen LogP contribution is -2.34. The molecular formula is C24H19Cl3N2S. The van der Waals surface area contributed by atoms with Crippen LogP contribution in [0.3, 0.4) is 0 Å². The van der Waals surface area contributed by atoms with E-state index in [1.54, 1.807) is 17.8 Å². The number of rotatable bonds is 5. The number of thioether (sulfide) groups is 1. The van der Waals surface area contributed by atoms with E-state index in [0.29, 0.717) is 16.6 Å². The number of halogens is 3. The van der Waals surface area contributed by atoms with Gasteiger partial charge in [-0.3, -0.25) is 10.4 Å². The van der Waals surface area contributed by atoms with Crippen molar-refractivity contribution in [2.75, 3.05) is 6.26 Å². The Bertz CT molecular complexity index is 1110. The van der Waals surface area contributed by atoms with Crippen LogP contribution in [0.4, 0.5) is 0 Å². The summed E-state index contributed by atoms with van der Waals surface area (Å²) in [4.78, 5) is 1.23. The number of nitrogens with one attached hydrogen (secondary N) is 1. The van der Waals surface area contributed by atoms with Gasteiger partial charge in [0.1, 0.15) is 0 Å². The predicted molar refractivity (Wildman–Crippen MR) is 131 cm³/mol. The Morgan fingerprint density at radius 1 is 0.833 bits per heavy atom. The molecule has 1 aliphatic rings. The fourth-order valence-electron chi connectivity index (χ4n) is 3.26. The zero-order chi connectivity index (χ0) is 21.1. The summed E-state index contributed by atoms with van der Waals surface area (Å²) in [7, 11) is 0. The second-order valence-electron chi connectivity index (χ2n) is 6.82. The van der Waals surface area contributed by atoms with Gasteiger partial charge in [0.2, 0.25) is 0 Å². The van der Waals surface area contributed by atoms with Gasteiger partial charge < -0.3 is 0 Å². The highest BCUT2D eigenvalue weighted by atomic mass is 35.5. The van der Waals surface area contributed by atoms with Crippen molar-refractivity contribution in [1.82, 2.24) is 10.4 Å². The largest absolute Gasteiger partial charge is 0.297 e. The molecule has 4 rings (SSSR count). The Balaban J connectivity index is 1.69. The van der Waals surface area contributed by atoms with E-state index in [0.717, 1.165) is 33.0 Å². The normalized spacial score (nSPS) is 13.5. The molecular weight excluding hydrogens is 455 g/mol. The van der Waals surface area contributed by atoms with Crippen LogP contribution < -0.4 is 5.43 Å². The summed E-state index contributed by atoms with van der Waals surface area (Å²) >= 11 is 20.2. The molecule has 30 heavy (non-hydrogen) atoms. The van der Waals surface area contributed by atoms with Gasteiger partial charge in [-0.1, -0.05) is 65.1 Å². The van der Waals surface area contributed by atoms with Gasteiger partial charge in [-0.25, -0.2) is 0 Å². The SMILES string of the molecule is CSc1ccc(C2=C(c3ccc(Cl)cc3)C=CN(Cc3ccc(Cl)cc3Cl)N2)cc1. The van der Waals surface area contributed by atoms with Gasteiger partial charge in [0.05, 0.1) is 12.2 Å². The van der Waals surface area contributed by atoms with Gasteiger partial charge in [-0.15, -0.1) is 11.8 Å². The van der Waals surface area contributed by atoms with Gasteiger partial charge in [-0.05, 0) is 59.9 Å². The van der Waals surface area contributed by atoms with Crippen LogP contribution in [0.25, 0.3) is 11.3 Å². The third kappa shape index (κ3) is 4.81. The van der Waals surface area contributed by atoms with E-state index in [-0.39, 0.29) is 0 Å². The molecule has 0 fully saturated rings. The lowest BCUT2D eigenvalue weighted by Gasteiger charge is -2.30. The number of nitrogens with zero attached hydrogens (tertiary/aromatic N) is 1. The van der Waals surface area contributed by atoms with E-state index < -0.39 is 0 Å². The van der Waals surface area contributed by atoms with Gasteiger partial charge in [0, 0.05) is 37.3 Å². The first-order valence-electron chi connectivity index (χ1n) is 9.33. The van der Waals surface area contributed by atoms with E-state index in [1.165, 1.54) is 4.90 Å². The highest BCUT2D eigenvalue weighted by molar-refractivity contribution is 7.98. The Morgan fingerprint density at radius 2 is 1.50 bits per heavy atom. The first kappa shape index (κ1) is 21.2. The van der Waals surface area contributed by atoms with Crippen molar-refractivity contribution in [3.8, 4) is 0 Å². The Kier molecular flexibility index (Phi) is 6.64. The minimum Gasteiger partial charge on any atom is -0.297 e. The third-order valence-corrected chi connectivity index (χ3v) is 6.42. The topological polar surface area (TPSA) is 15.3 Å². The van der Waals surface area contributed by atoms with Crippen molar-refractivity contribution in [1.29, 1.82) is 0 Å². The van der Waals surface area contributed by atoms with Crippen LogP contribution in [-0.4, -0.2) is 11.3 Å².